The molecule has 0 radical (unpaired) electrons. The van der Waals surface area contributed by atoms with Gasteiger partial charge in [-0.1, -0.05) is 137 Å². The van der Waals surface area contributed by atoms with E-state index in [2.05, 4.69) is 135 Å². The summed E-state index contributed by atoms with van der Waals surface area (Å²) in [4.78, 5) is 0. The van der Waals surface area contributed by atoms with Crippen LogP contribution in [0.5, 0.6) is 0 Å². The molecule has 5 aliphatic rings. The van der Waals surface area contributed by atoms with Crippen LogP contribution in [0.15, 0.2) is 30.3 Å². The monoisotopic (exact) mass is 708 g/mol. The van der Waals surface area contributed by atoms with Gasteiger partial charge in [-0.3, -0.25) is 0 Å². The molecule has 0 aromatic heterocycles. The van der Waals surface area contributed by atoms with Gasteiger partial charge in [0.1, 0.15) is 0 Å². The Kier molecular flexibility index (Phi) is 6.30. The van der Waals surface area contributed by atoms with Crippen molar-refractivity contribution in [3.63, 3.8) is 0 Å². The number of benzene rings is 1. The molecule has 5 heterocycles. The van der Waals surface area contributed by atoms with Gasteiger partial charge >= 0.3 is 0 Å². The first kappa shape index (κ1) is 28.6. The van der Waals surface area contributed by atoms with Gasteiger partial charge in [-0.15, -0.1) is 0 Å². The molecule has 10 atom stereocenters. The number of rotatable bonds is 4. The fourth-order valence-corrected chi connectivity index (χ4v) is 104. The molecule has 0 nitrogen and oxygen atoms in total. The van der Waals surface area contributed by atoms with E-state index in [1.807, 2.05) is 0 Å². The molecular formula is C29H47IP6. The lowest BCUT2D eigenvalue weighted by atomic mass is 9.97. The zero-order chi connectivity index (χ0) is 26.7. The Morgan fingerprint density at radius 2 is 1.06 bits per heavy atom. The number of fused-ring (bicyclic) bond motifs is 2. The summed E-state index contributed by atoms with van der Waals surface area (Å²) in [5.41, 5.74) is 3.51. The number of hydrogen-bond acceptors (Lipinski definition) is 0. The van der Waals surface area contributed by atoms with Gasteiger partial charge in [-0.25, -0.2) is 0 Å². The zero-order valence-electron chi connectivity index (χ0n) is 24.6. The lowest BCUT2D eigenvalue weighted by Gasteiger charge is -2.90. The normalized spacial score (nSPS) is 48.4. The van der Waals surface area contributed by atoms with Gasteiger partial charge in [0.25, 0.3) is 0 Å². The molecule has 0 saturated carbocycles. The zero-order valence-corrected chi connectivity index (χ0v) is 32.1. The molecule has 1 aromatic carbocycles. The van der Waals surface area contributed by atoms with Crippen LogP contribution >= 0.6 is 66.0 Å². The molecule has 5 fully saturated rings. The Morgan fingerprint density at radius 3 is 1.53 bits per heavy atom. The van der Waals surface area contributed by atoms with E-state index in [9.17, 15) is 0 Å². The first-order valence-electron chi connectivity index (χ1n) is 13.8. The SMILES string of the molecule is CC(C)(C)C12P(I)P3C4(C(C)(C)C)P(CCCc5ccccc5)P1C1(C(C)(C)C)P2C3(C(C)(C)C)P41. The Balaban J connectivity index is 1.55. The number of halogens is 1. The molecule has 0 N–H and O–H groups in total. The summed E-state index contributed by atoms with van der Waals surface area (Å²) in [6.07, 6.45) is 4.30. The minimum absolute atomic E-state index is 0.0970. The molecular weight excluding hydrogens is 661 g/mol. The number of aryl methyl sites for hydroxylation is 1. The van der Waals surface area contributed by atoms with Crippen molar-refractivity contribution in [2.75, 3.05) is 6.16 Å². The Labute approximate surface area is 242 Å². The first-order chi connectivity index (χ1) is 16.3. The van der Waals surface area contributed by atoms with Crippen LogP contribution in [0.4, 0.5) is 0 Å². The van der Waals surface area contributed by atoms with Crippen LogP contribution < -0.4 is 0 Å². The molecule has 5 aliphatic heterocycles. The van der Waals surface area contributed by atoms with Crippen molar-refractivity contribution >= 4 is 66.0 Å². The van der Waals surface area contributed by atoms with E-state index in [1.54, 1.807) is 11.7 Å². The molecule has 7 heteroatoms. The van der Waals surface area contributed by atoms with Gasteiger partial charge in [-0.2, -0.15) is 0 Å². The van der Waals surface area contributed by atoms with E-state index in [4.69, 9.17) is 0 Å². The van der Waals surface area contributed by atoms with Gasteiger partial charge in [-0.05, 0) is 83.5 Å². The van der Waals surface area contributed by atoms with Gasteiger partial charge in [0.2, 0.25) is 0 Å². The van der Waals surface area contributed by atoms with Crippen LogP contribution in [0, 0.1) is 21.7 Å². The number of hydrogen-bond donors (Lipinski definition) is 0. The molecule has 36 heavy (non-hydrogen) atoms. The van der Waals surface area contributed by atoms with Crippen LogP contribution in [-0.2, 0) is 6.42 Å². The van der Waals surface area contributed by atoms with E-state index < -0.39 is 0 Å². The highest BCUT2D eigenvalue weighted by atomic mass is 127. The highest BCUT2D eigenvalue weighted by molar-refractivity contribution is 14.2. The van der Waals surface area contributed by atoms with Crippen molar-refractivity contribution in [2.24, 2.45) is 21.7 Å². The van der Waals surface area contributed by atoms with Gasteiger partial charge < -0.3 is 0 Å². The average Bonchev–Trinajstić information content (AvgIpc) is 2.89. The molecule has 200 valence electrons. The third-order valence-electron chi connectivity index (χ3n) is 9.79. The summed E-state index contributed by atoms with van der Waals surface area (Å²) in [5.74, 6) is 0. The Hall–Kier alpha value is 2.53. The maximum Gasteiger partial charge on any atom is 0.0555 e. The minimum Gasteiger partial charge on any atom is -0.0622 e. The fourth-order valence-electron chi connectivity index (χ4n) is 8.90. The molecule has 5 saturated heterocycles. The fraction of sp³-hybridized carbons (Fsp3) is 0.793. The molecule has 0 aliphatic carbocycles. The highest BCUT2D eigenvalue weighted by Crippen LogP contribution is 3.50. The summed E-state index contributed by atoms with van der Waals surface area (Å²) in [6, 6.07) is 11.4. The summed E-state index contributed by atoms with van der Waals surface area (Å²) in [7, 11) is 0.542. The smallest absolute Gasteiger partial charge is 0.0555 e. The molecule has 10 unspecified atom stereocenters. The van der Waals surface area contributed by atoms with Crippen molar-refractivity contribution < 1.29 is 0 Å². The Morgan fingerprint density at radius 1 is 0.611 bits per heavy atom. The molecule has 0 amide bonds. The van der Waals surface area contributed by atoms with E-state index in [-0.39, 0.29) is 43.9 Å². The first-order valence-corrected chi connectivity index (χ1v) is 26.3. The van der Waals surface area contributed by atoms with Crippen LogP contribution in [0.1, 0.15) is 95.1 Å². The maximum atomic E-state index is 3.19. The van der Waals surface area contributed by atoms with Crippen LogP contribution in [0.2, 0.25) is 0 Å². The molecule has 0 bridgehead atoms. The predicted octanol–water partition coefficient (Wildman–Crippen LogP) is 13.6. The lowest BCUT2D eigenvalue weighted by Crippen LogP contribution is -2.72. The highest BCUT2D eigenvalue weighted by Gasteiger charge is 3.12. The van der Waals surface area contributed by atoms with Crippen LogP contribution in [-0.4, -0.2) is 24.7 Å². The average molecular weight is 708 g/mol. The molecule has 0 spiro atoms. The minimum atomic E-state index is 0.0970. The predicted molar refractivity (Wildman–Crippen MR) is 184 cm³/mol. The van der Waals surface area contributed by atoms with Gasteiger partial charge in [0, 0.05) is 19.2 Å². The summed E-state index contributed by atoms with van der Waals surface area (Å²) >= 11 is 3.19. The topological polar surface area (TPSA) is 0 Å². The van der Waals surface area contributed by atoms with Crippen molar-refractivity contribution in [1.82, 2.24) is 0 Å². The van der Waals surface area contributed by atoms with E-state index in [0.717, 1.165) is 18.6 Å². The maximum absolute atomic E-state index is 3.19. The van der Waals surface area contributed by atoms with Crippen molar-refractivity contribution in [3.8, 4) is 0 Å². The summed E-state index contributed by atoms with van der Waals surface area (Å²) < 4.78 is 3.07. The summed E-state index contributed by atoms with van der Waals surface area (Å²) in [5, 5.41) is 0.101. The molecule has 6 rings (SSSR count). The second-order valence-corrected chi connectivity index (χ2v) is 42.7. The standard InChI is InChI=1S/C29H47IP6/c1-22(2,3)26-31(20-16-19-21-17-14-13-15-18-21)34-27(23(4,5)6)32(26)28(24(7,8)9)33(27)29(34,25(10,11)12)36(30)35(26)28/h13-15,17-18H,16,19-20H2,1-12H3. The van der Waals surface area contributed by atoms with Crippen LogP contribution in [0.3, 0.4) is 0 Å². The lowest BCUT2D eigenvalue weighted by molar-refractivity contribution is 0.323. The third kappa shape index (κ3) is 2.63. The second-order valence-electron chi connectivity index (χ2n) is 15.8. The van der Waals surface area contributed by atoms with E-state index in [0.29, 0.717) is 21.7 Å². The third-order valence-corrected chi connectivity index (χ3v) is 63.9. The summed E-state index contributed by atoms with van der Waals surface area (Å²) in [6.45, 7) is 32.6. The van der Waals surface area contributed by atoms with Crippen molar-refractivity contribution in [3.05, 3.63) is 35.9 Å². The van der Waals surface area contributed by atoms with Crippen molar-refractivity contribution in [1.29, 1.82) is 0 Å². The largest absolute Gasteiger partial charge is 0.0622 e. The molecule has 1 aromatic rings. The second kappa shape index (κ2) is 7.92. The van der Waals surface area contributed by atoms with E-state index in [1.165, 1.54) is 12.8 Å². The van der Waals surface area contributed by atoms with Gasteiger partial charge in [0.15, 0.2) is 0 Å². The van der Waals surface area contributed by atoms with Gasteiger partial charge in [0.05, 0.1) is 4.64 Å². The van der Waals surface area contributed by atoms with Crippen LogP contribution in [0.25, 0.3) is 0 Å². The Bertz CT molecular complexity index is 1100. The quantitative estimate of drug-likeness (QED) is 0.216. The van der Waals surface area contributed by atoms with Crippen molar-refractivity contribution in [2.45, 2.75) is 114 Å². The van der Waals surface area contributed by atoms with E-state index >= 15 is 0 Å².